The van der Waals surface area contributed by atoms with E-state index < -0.39 is 5.41 Å². The zero-order valence-electron chi connectivity index (χ0n) is 7.38. The van der Waals surface area contributed by atoms with Crippen LogP contribution in [0, 0.1) is 5.41 Å². The van der Waals surface area contributed by atoms with Gasteiger partial charge < -0.3 is 5.32 Å². The van der Waals surface area contributed by atoms with Crippen molar-refractivity contribution in [3.63, 3.8) is 0 Å². The maximum atomic E-state index is 11.3. The molecule has 0 aliphatic heterocycles. The molecule has 0 bridgehead atoms. The smallest absolute Gasteiger partial charge is 0.230 e. The molecule has 5 heteroatoms. The summed E-state index contributed by atoms with van der Waals surface area (Å²) in [6, 6.07) is 0. The maximum Gasteiger partial charge on any atom is 0.230 e. The van der Waals surface area contributed by atoms with Crippen molar-refractivity contribution in [2.24, 2.45) is 5.41 Å². The summed E-state index contributed by atoms with van der Waals surface area (Å²) in [4.78, 5) is 11.3. The summed E-state index contributed by atoms with van der Waals surface area (Å²) in [5, 5.41) is 12.3. The molecule has 0 aliphatic carbocycles. The van der Waals surface area contributed by atoms with Crippen molar-refractivity contribution in [1.82, 2.24) is 15.4 Å². The molecular weight excluding hydrogens is 156 g/mol. The first-order chi connectivity index (χ1) is 5.50. The van der Waals surface area contributed by atoms with Crippen LogP contribution >= 0.6 is 0 Å². The lowest BCUT2D eigenvalue weighted by Gasteiger charge is -2.15. The van der Waals surface area contributed by atoms with Crippen LogP contribution in [0.25, 0.3) is 0 Å². The number of carbonyl (C=O) groups excluding carboxylic acids is 1. The van der Waals surface area contributed by atoms with E-state index in [-0.39, 0.29) is 5.91 Å². The minimum Gasteiger partial charge on any atom is -0.307 e. The third kappa shape index (κ3) is 2.05. The van der Waals surface area contributed by atoms with Gasteiger partial charge in [0.25, 0.3) is 0 Å². The summed E-state index contributed by atoms with van der Waals surface area (Å²) in [7, 11) is 0. The molecule has 5 nitrogen and oxygen atoms in total. The van der Waals surface area contributed by atoms with E-state index >= 15 is 0 Å². The highest BCUT2D eigenvalue weighted by molar-refractivity contribution is 5.93. The molecule has 1 aromatic heterocycles. The predicted molar refractivity (Wildman–Crippen MR) is 44.5 cm³/mol. The van der Waals surface area contributed by atoms with Gasteiger partial charge >= 0.3 is 0 Å². The van der Waals surface area contributed by atoms with Crippen molar-refractivity contribution in [3.05, 3.63) is 6.20 Å². The highest BCUT2D eigenvalue weighted by atomic mass is 16.2. The number of nitrogens with one attached hydrogen (secondary N) is 2. The topological polar surface area (TPSA) is 70.7 Å². The monoisotopic (exact) mass is 168 g/mol. The fraction of sp³-hybridized carbons (Fsp3) is 0.571. The number of aromatic amines is 1. The van der Waals surface area contributed by atoms with Gasteiger partial charge in [-0.3, -0.25) is 4.79 Å². The number of rotatable bonds is 1. The van der Waals surface area contributed by atoms with Crippen LogP contribution in [-0.4, -0.2) is 21.3 Å². The summed E-state index contributed by atoms with van der Waals surface area (Å²) in [5.74, 6) is 0.381. The average Bonchev–Trinajstić information content (AvgIpc) is 2.37. The third-order valence-electron chi connectivity index (χ3n) is 1.34. The second-order valence-electron chi connectivity index (χ2n) is 3.56. The number of carbonyl (C=O) groups is 1. The molecule has 0 aromatic carbocycles. The Morgan fingerprint density at radius 2 is 2.25 bits per heavy atom. The first-order valence-electron chi connectivity index (χ1n) is 3.67. The Balaban J connectivity index is 2.60. The normalized spacial score (nSPS) is 11.2. The summed E-state index contributed by atoms with van der Waals surface area (Å²) in [5.41, 5.74) is -0.404. The van der Waals surface area contributed by atoms with Crippen LogP contribution in [-0.2, 0) is 4.79 Å². The Labute approximate surface area is 70.6 Å². The number of H-pyrrole nitrogens is 1. The van der Waals surface area contributed by atoms with Gasteiger partial charge in [-0.2, -0.15) is 10.3 Å². The van der Waals surface area contributed by atoms with Gasteiger partial charge in [-0.25, -0.2) is 0 Å². The summed E-state index contributed by atoms with van der Waals surface area (Å²) >= 11 is 0. The second kappa shape index (κ2) is 2.92. The van der Waals surface area contributed by atoms with Crippen LogP contribution in [0.15, 0.2) is 6.20 Å². The molecule has 1 aromatic rings. The Kier molecular flexibility index (Phi) is 2.12. The lowest BCUT2D eigenvalue weighted by atomic mass is 9.96. The minimum atomic E-state index is -0.404. The lowest BCUT2D eigenvalue weighted by molar-refractivity contribution is -0.123. The highest BCUT2D eigenvalue weighted by Gasteiger charge is 2.21. The Morgan fingerprint density at radius 1 is 1.58 bits per heavy atom. The van der Waals surface area contributed by atoms with E-state index in [0.29, 0.717) is 5.82 Å². The number of aromatic nitrogens is 3. The quantitative estimate of drug-likeness (QED) is 0.651. The zero-order chi connectivity index (χ0) is 9.19. The summed E-state index contributed by atoms with van der Waals surface area (Å²) in [6.07, 6.45) is 1.46. The molecule has 1 amide bonds. The van der Waals surface area contributed by atoms with Crippen LogP contribution in [0.4, 0.5) is 5.82 Å². The van der Waals surface area contributed by atoms with Gasteiger partial charge in [-0.15, -0.1) is 5.10 Å². The van der Waals surface area contributed by atoms with Crippen molar-refractivity contribution < 1.29 is 4.79 Å². The molecule has 0 atom stereocenters. The first-order valence-corrected chi connectivity index (χ1v) is 3.67. The molecule has 0 saturated carbocycles. The Bertz CT molecular complexity index is 259. The standard InChI is InChI=1S/C7H12N4O/c1-7(2,3)6(12)9-5-4-8-11-10-5/h4H,1-3H3,(H2,8,9,10,11,12). The molecule has 2 N–H and O–H groups in total. The van der Waals surface area contributed by atoms with E-state index in [9.17, 15) is 4.79 Å². The van der Waals surface area contributed by atoms with Crippen molar-refractivity contribution >= 4 is 11.7 Å². The SMILES string of the molecule is CC(C)(C)C(=O)Nc1cn[nH]n1. The molecular formula is C7H12N4O. The molecule has 0 unspecified atom stereocenters. The summed E-state index contributed by atoms with van der Waals surface area (Å²) in [6.45, 7) is 5.51. The van der Waals surface area contributed by atoms with Crippen LogP contribution in [0.5, 0.6) is 0 Å². The van der Waals surface area contributed by atoms with Gasteiger partial charge in [0, 0.05) is 5.41 Å². The molecule has 12 heavy (non-hydrogen) atoms. The second-order valence-corrected chi connectivity index (χ2v) is 3.56. The number of anilines is 1. The fourth-order valence-electron chi connectivity index (χ4n) is 0.566. The Morgan fingerprint density at radius 3 is 2.67 bits per heavy atom. The molecule has 0 radical (unpaired) electrons. The minimum absolute atomic E-state index is 0.0728. The van der Waals surface area contributed by atoms with Crippen molar-refractivity contribution in [1.29, 1.82) is 0 Å². The molecule has 0 spiro atoms. The Hall–Kier alpha value is -1.39. The largest absolute Gasteiger partial charge is 0.307 e. The van der Waals surface area contributed by atoms with Crippen LogP contribution in [0.2, 0.25) is 0 Å². The van der Waals surface area contributed by atoms with E-state index in [1.54, 1.807) is 0 Å². The molecule has 66 valence electrons. The van der Waals surface area contributed by atoms with Gasteiger partial charge in [-0.1, -0.05) is 20.8 Å². The van der Waals surface area contributed by atoms with Crippen molar-refractivity contribution in [3.8, 4) is 0 Å². The van der Waals surface area contributed by atoms with Crippen LogP contribution in [0.1, 0.15) is 20.8 Å². The third-order valence-corrected chi connectivity index (χ3v) is 1.34. The maximum absolute atomic E-state index is 11.3. The number of nitrogens with zero attached hydrogens (tertiary/aromatic N) is 2. The number of amides is 1. The molecule has 0 aliphatic rings. The van der Waals surface area contributed by atoms with Crippen LogP contribution in [0.3, 0.4) is 0 Å². The van der Waals surface area contributed by atoms with Gasteiger partial charge in [0.2, 0.25) is 5.91 Å². The van der Waals surface area contributed by atoms with E-state index in [1.165, 1.54) is 6.20 Å². The van der Waals surface area contributed by atoms with E-state index in [1.807, 2.05) is 20.8 Å². The predicted octanol–water partition coefficient (Wildman–Crippen LogP) is 0.789. The number of hydrogen-bond donors (Lipinski definition) is 2. The first kappa shape index (κ1) is 8.70. The lowest BCUT2D eigenvalue weighted by Crippen LogP contribution is -2.27. The molecule has 0 saturated heterocycles. The molecule has 1 rings (SSSR count). The van der Waals surface area contributed by atoms with Gasteiger partial charge in [0.1, 0.15) is 0 Å². The zero-order valence-corrected chi connectivity index (χ0v) is 7.38. The van der Waals surface area contributed by atoms with Crippen molar-refractivity contribution in [2.45, 2.75) is 20.8 Å². The van der Waals surface area contributed by atoms with Gasteiger partial charge in [0.05, 0.1) is 6.20 Å². The summed E-state index contributed by atoms with van der Waals surface area (Å²) < 4.78 is 0. The van der Waals surface area contributed by atoms with E-state index in [2.05, 4.69) is 20.7 Å². The van der Waals surface area contributed by atoms with E-state index in [0.717, 1.165) is 0 Å². The van der Waals surface area contributed by atoms with Crippen LogP contribution < -0.4 is 5.32 Å². The van der Waals surface area contributed by atoms with Gasteiger partial charge in [0.15, 0.2) is 5.82 Å². The number of hydrogen-bond acceptors (Lipinski definition) is 3. The van der Waals surface area contributed by atoms with Gasteiger partial charge in [-0.05, 0) is 0 Å². The molecule has 1 heterocycles. The fourth-order valence-corrected chi connectivity index (χ4v) is 0.566. The average molecular weight is 168 g/mol. The molecule has 0 fully saturated rings. The van der Waals surface area contributed by atoms with E-state index in [4.69, 9.17) is 0 Å². The van der Waals surface area contributed by atoms with Crippen molar-refractivity contribution in [2.75, 3.05) is 5.32 Å². The highest BCUT2D eigenvalue weighted by Crippen LogP contribution is 2.15.